The molecule has 3 aromatic rings. The number of nitrogens with one attached hydrogen (secondary N) is 4. The summed E-state index contributed by atoms with van der Waals surface area (Å²) in [4.78, 5) is 19.2. The van der Waals surface area contributed by atoms with Crippen molar-refractivity contribution in [2.24, 2.45) is 4.99 Å². The molecule has 3 rings (SSSR count). The number of amides is 1. The van der Waals surface area contributed by atoms with Crippen molar-refractivity contribution in [3.63, 3.8) is 0 Å². The van der Waals surface area contributed by atoms with E-state index in [1.807, 2.05) is 24.3 Å². The monoisotopic (exact) mass is 505 g/mol. The molecule has 1 aromatic heterocycles. The maximum atomic E-state index is 11.6. The van der Waals surface area contributed by atoms with Gasteiger partial charge in [0.05, 0.1) is 0 Å². The van der Waals surface area contributed by atoms with Gasteiger partial charge in [0.2, 0.25) is 0 Å². The molecule has 0 bridgehead atoms. The van der Waals surface area contributed by atoms with Crippen LogP contribution in [0.4, 0.5) is 0 Å². The summed E-state index contributed by atoms with van der Waals surface area (Å²) in [5.74, 6) is 0.676. The Balaban J connectivity index is 0.00000300. The third-order valence-electron chi connectivity index (χ3n) is 4.74. The highest BCUT2D eigenvalue weighted by Crippen LogP contribution is 2.19. The van der Waals surface area contributed by atoms with Crippen molar-refractivity contribution in [3.05, 3.63) is 70.9 Å². The van der Waals surface area contributed by atoms with Crippen molar-refractivity contribution in [3.8, 4) is 0 Å². The zero-order valence-corrected chi connectivity index (χ0v) is 19.3. The minimum absolute atomic E-state index is 0. The Bertz CT molecular complexity index is 979. The van der Waals surface area contributed by atoms with Gasteiger partial charge >= 0.3 is 0 Å². The smallest absolute Gasteiger partial charge is 0.251 e. The van der Waals surface area contributed by atoms with Crippen LogP contribution in [0.2, 0.25) is 0 Å². The van der Waals surface area contributed by atoms with Gasteiger partial charge < -0.3 is 20.9 Å². The van der Waals surface area contributed by atoms with Crippen LogP contribution in [0, 0.1) is 6.92 Å². The maximum absolute atomic E-state index is 11.6. The molecule has 0 radical (unpaired) electrons. The summed E-state index contributed by atoms with van der Waals surface area (Å²) in [7, 11) is 3.39. The van der Waals surface area contributed by atoms with Crippen molar-refractivity contribution in [2.75, 3.05) is 20.6 Å². The normalized spacial score (nSPS) is 11.1. The topological polar surface area (TPSA) is 81.3 Å². The largest absolute Gasteiger partial charge is 0.361 e. The van der Waals surface area contributed by atoms with E-state index in [1.165, 1.54) is 22.0 Å². The van der Waals surface area contributed by atoms with E-state index in [0.29, 0.717) is 12.1 Å². The summed E-state index contributed by atoms with van der Waals surface area (Å²) in [6.45, 7) is 3.53. The second-order valence-electron chi connectivity index (χ2n) is 6.74. The van der Waals surface area contributed by atoms with E-state index in [9.17, 15) is 4.79 Å². The average molecular weight is 505 g/mol. The summed E-state index contributed by atoms with van der Waals surface area (Å²) in [6, 6.07) is 14.0. The van der Waals surface area contributed by atoms with E-state index in [4.69, 9.17) is 0 Å². The van der Waals surface area contributed by atoms with Crippen molar-refractivity contribution in [1.29, 1.82) is 0 Å². The summed E-state index contributed by atoms with van der Waals surface area (Å²) < 4.78 is 0. The van der Waals surface area contributed by atoms with Gasteiger partial charge in [-0.25, -0.2) is 0 Å². The first-order valence-electron chi connectivity index (χ1n) is 9.43. The Morgan fingerprint density at radius 3 is 2.55 bits per heavy atom. The average Bonchev–Trinajstić information content (AvgIpc) is 3.12. The summed E-state index contributed by atoms with van der Waals surface area (Å²) in [5, 5.41) is 10.5. The van der Waals surface area contributed by atoms with Crippen LogP contribution in [-0.4, -0.2) is 37.5 Å². The Hall–Kier alpha value is -2.55. The van der Waals surface area contributed by atoms with Crippen molar-refractivity contribution in [1.82, 2.24) is 20.9 Å². The predicted molar refractivity (Wildman–Crippen MR) is 130 cm³/mol. The van der Waals surface area contributed by atoms with Gasteiger partial charge in [0, 0.05) is 49.8 Å². The maximum Gasteiger partial charge on any atom is 0.251 e. The molecule has 0 saturated carbocycles. The number of halogens is 1. The highest BCUT2D eigenvalue weighted by molar-refractivity contribution is 14.0. The van der Waals surface area contributed by atoms with Gasteiger partial charge in [-0.1, -0.05) is 24.3 Å². The van der Waals surface area contributed by atoms with Gasteiger partial charge in [0.15, 0.2) is 5.96 Å². The summed E-state index contributed by atoms with van der Waals surface area (Å²) >= 11 is 0. The molecule has 1 amide bonds. The lowest BCUT2D eigenvalue weighted by molar-refractivity contribution is 0.0963. The molecular formula is C22H28IN5O. The zero-order valence-electron chi connectivity index (χ0n) is 17.0. The molecule has 154 valence electrons. The first-order valence-corrected chi connectivity index (χ1v) is 9.43. The molecule has 0 aliphatic heterocycles. The van der Waals surface area contributed by atoms with E-state index in [0.717, 1.165) is 24.5 Å². The highest BCUT2D eigenvalue weighted by atomic mass is 127. The lowest BCUT2D eigenvalue weighted by atomic mass is 10.1. The van der Waals surface area contributed by atoms with Crippen LogP contribution in [0.15, 0.2) is 53.7 Å². The minimum Gasteiger partial charge on any atom is -0.361 e. The van der Waals surface area contributed by atoms with Crippen LogP contribution in [0.3, 0.4) is 0 Å². The van der Waals surface area contributed by atoms with Gasteiger partial charge in [-0.15, -0.1) is 24.0 Å². The molecule has 1 heterocycles. The first kappa shape index (κ1) is 22.7. The molecular weight excluding hydrogens is 477 g/mol. The number of aliphatic imine (C=N–C) groups is 1. The third kappa shape index (κ3) is 5.96. The van der Waals surface area contributed by atoms with Gasteiger partial charge in [-0.05, 0) is 48.2 Å². The molecule has 4 N–H and O–H groups in total. The number of hydrogen-bond acceptors (Lipinski definition) is 2. The number of H-pyrrole nitrogens is 1. The fraction of sp³-hybridized carbons (Fsp3) is 0.273. The number of nitrogens with zero attached hydrogens (tertiary/aromatic N) is 1. The number of aryl methyl sites for hydroxylation is 1. The number of guanidine groups is 1. The van der Waals surface area contributed by atoms with Crippen LogP contribution in [0.1, 0.15) is 27.0 Å². The number of fused-ring (bicyclic) bond motifs is 1. The van der Waals surface area contributed by atoms with E-state index in [1.54, 1.807) is 14.1 Å². The molecule has 0 atom stereocenters. The van der Waals surface area contributed by atoms with Gasteiger partial charge in [0.1, 0.15) is 0 Å². The molecule has 7 heteroatoms. The van der Waals surface area contributed by atoms with Crippen LogP contribution in [0.5, 0.6) is 0 Å². The quantitative estimate of drug-likeness (QED) is 0.236. The Labute approximate surface area is 188 Å². The molecule has 29 heavy (non-hydrogen) atoms. The zero-order chi connectivity index (χ0) is 19.9. The van der Waals surface area contributed by atoms with Crippen LogP contribution in [-0.2, 0) is 13.0 Å². The molecule has 0 fully saturated rings. The fourth-order valence-electron chi connectivity index (χ4n) is 3.15. The van der Waals surface area contributed by atoms with E-state index < -0.39 is 0 Å². The standard InChI is InChI=1S/C22H27N5O.HI/c1-15-4-9-19-18(14-26-20(19)12-15)10-11-25-22(24-3)27-13-16-5-7-17(8-6-16)21(28)23-2;/h4-9,12,14,26H,10-11,13H2,1-3H3,(H,23,28)(H2,24,25,27);1H. The van der Waals surface area contributed by atoms with E-state index in [-0.39, 0.29) is 29.9 Å². The highest BCUT2D eigenvalue weighted by Gasteiger charge is 2.05. The van der Waals surface area contributed by atoms with Crippen molar-refractivity contribution in [2.45, 2.75) is 19.9 Å². The molecule has 2 aromatic carbocycles. The minimum atomic E-state index is -0.0792. The predicted octanol–water partition coefficient (Wildman–Crippen LogP) is 3.36. The number of aromatic amines is 1. The number of aromatic nitrogens is 1. The second-order valence-corrected chi connectivity index (χ2v) is 6.74. The SMILES string of the molecule is CN=C(NCCc1c[nH]c2cc(C)ccc12)NCc1ccc(C(=O)NC)cc1.I. The molecule has 6 nitrogen and oxygen atoms in total. The van der Waals surface area contributed by atoms with Crippen LogP contribution < -0.4 is 16.0 Å². The molecule has 0 unspecified atom stereocenters. The lowest BCUT2D eigenvalue weighted by Gasteiger charge is -2.12. The number of hydrogen-bond donors (Lipinski definition) is 4. The second kappa shape index (κ2) is 10.8. The number of carbonyl (C=O) groups is 1. The van der Waals surface area contributed by atoms with Crippen molar-refractivity contribution < 1.29 is 4.79 Å². The third-order valence-corrected chi connectivity index (χ3v) is 4.74. The fourth-order valence-corrected chi connectivity index (χ4v) is 3.15. The van der Waals surface area contributed by atoms with Crippen molar-refractivity contribution >= 4 is 46.7 Å². The molecule has 0 aliphatic carbocycles. The summed E-state index contributed by atoms with van der Waals surface area (Å²) in [6.07, 6.45) is 2.99. The number of benzene rings is 2. The molecule has 0 spiro atoms. The Kier molecular flexibility index (Phi) is 8.50. The van der Waals surface area contributed by atoms with E-state index >= 15 is 0 Å². The number of rotatable bonds is 6. The van der Waals surface area contributed by atoms with E-state index in [2.05, 4.69) is 57.2 Å². The Morgan fingerprint density at radius 2 is 1.86 bits per heavy atom. The number of carbonyl (C=O) groups excluding carboxylic acids is 1. The summed E-state index contributed by atoms with van der Waals surface area (Å²) in [5.41, 5.74) is 5.47. The van der Waals surface area contributed by atoms with Gasteiger partial charge in [-0.2, -0.15) is 0 Å². The Morgan fingerprint density at radius 1 is 1.10 bits per heavy atom. The van der Waals surface area contributed by atoms with Gasteiger partial charge in [-0.3, -0.25) is 9.79 Å². The molecule has 0 aliphatic rings. The van der Waals surface area contributed by atoms with Crippen LogP contribution >= 0.6 is 24.0 Å². The van der Waals surface area contributed by atoms with Crippen LogP contribution in [0.25, 0.3) is 10.9 Å². The molecule has 0 saturated heterocycles. The van der Waals surface area contributed by atoms with Gasteiger partial charge in [0.25, 0.3) is 5.91 Å². The first-order chi connectivity index (χ1) is 13.6. The lowest BCUT2D eigenvalue weighted by Crippen LogP contribution is -2.37.